The van der Waals surface area contributed by atoms with Crippen LogP contribution in [0.2, 0.25) is 0 Å². The fraction of sp³-hybridized carbons (Fsp3) is 0.333. The smallest absolute Gasteiger partial charge is 0.0758 e. The number of thiophene rings is 1. The Balaban J connectivity index is 2.06. The number of benzene rings is 1. The molecule has 0 aliphatic heterocycles. The largest absolute Gasteiger partial charge is 0.310 e. The Morgan fingerprint density at radius 3 is 2.53 bits per heavy atom. The highest BCUT2D eigenvalue weighted by Crippen LogP contribution is 2.36. The molecule has 0 bridgehead atoms. The number of hydrogen-bond acceptors (Lipinski definition) is 2. The van der Waals surface area contributed by atoms with Crippen molar-refractivity contribution >= 4 is 43.2 Å². The molecule has 19 heavy (non-hydrogen) atoms. The lowest BCUT2D eigenvalue weighted by molar-refractivity contribution is 0.515. The minimum Gasteiger partial charge on any atom is -0.310 e. The van der Waals surface area contributed by atoms with Crippen molar-refractivity contribution in [2.24, 2.45) is 0 Å². The van der Waals surface area contributed by atoms with Crippen molar-refractivity contribution in [1.29, 1.82) is 0 Å². The van der Waals surface area contributed by atoms with Crippen LogP contribution in [0.5, 0.6) is 0 Å². The predicted molar refractivity (Wildman–Crippen MR) is 90.9 cm³/mol. The van der Waals surface area contributed by atoms with Crippen LogP contribution in [0, 0.1) is 0 Å². The lowest BCUT2D eigenvalue weighted by atomic mass is 10.0. The summed E-state index contributed by atoms with van der Waals surface area (Å²) in [4.78, 5) is 0. The van der Waals surface area contributed by atoms with Crippen molar-refractivity contribution in [1.82, 2.24) is 5.32 Å². The molecular weight excluding hydrogens is 386 g/mol. The average Bonchev–Trinajstić information content (AvgIpc) is 2.75. The van der Waals surface area contributed by atoms with E-state index < -0.39 is 0 Å². The minimum absolute atomic E-state index is 0.405. The molecule has 0 saturated heterocycles. The first-order chi connectivity index (χ1) is 9.20. The summed E-state index contributed by atoms with van der Waals surface area (Å²) in [6.45, 7) is 3.14. The van der Waals surface area contributed by atoms with Crippen LogP contribution in [0.1, 0.15) is 30.5 Å². The lowest BCUT2D eigenvalue weighted by Crippen LogP contribution is -2.21. The van der Waals surface area contributed by atoms with Gasteiger partial charge in [-0.25, -0.2) is 0 Å². The van der Waals surface area contributed by atoms with Gasteiger partial charge >= 0.3 is 0 Å². The molecule has 1 N–H and O–H groups in total. The SMILES string of the molecule is CCNC(CCc1ccccc1)c1cc(Br)sc1Br. The standard InChI is InChI=1S/C15H17Br2NS/c1-2-18-13(12-10-14(16)19-15(12)17)9-8-11-6-4-3-5-7-11/h3-7,10,13,18H,2,8-9H2,1H3. The normalized spacial score (nSPS) is 12.6. The van der Waals surface area contributed by atoms with E-state index in [9.17, 15) is 0 Å². The van der Waals surface area contributed by atoms with Crippen LogP contribution in [0.4, 0.5) is 0 Å². The molecule has 1 heterocycles. The van der Waals surface area contributed by atoms with E-state index in [0.29, 0.717) is 6.04 Å². The van der Waals surface area contributed by atoms with Gasteiger partial charge in [0.05, 0.1) is 7.57 Å². The quantitative estimate of drug-likeness (QED) is 0.667. The van der Waals surface area contributed by atoms with Crippen LogP contribution in [-0.2, 0) is 6.42 Å². The van der Waals surface area contributed by atoms with Crippen molar-refractivity contribution < 1.29 is 0 Å². The summed E-state index contributed by atoms with van der Waals surface area (Å²) in [6.07, 6.45) is 2.21. The van der Waals surface area contributed by atoms with Gasteiger partial charge in [0.15, 0.2) is 0 Å². The maximum Gasteiger partial charge on any atom is 0.0758 e. The number of rotatable bonds is 6. The Bertz CT molecular complexity index is 510. The number of halogens is 2. The molecule has 0 amide bonds. The molecule has 102 valence electrons. The second kappa shape index (κ2) is 7.58. The van der Waals surface area contributed by atoms with Crippen LogP contribution in [-0.4, -0.2) is 6.54 Å². The van der Waals surface area contributed by atoms with Gasteiger partial charge < -0.3 is 5.32 Å². The monoisotopic (exact) mass is 401 g/mol. The first-order valence-electron chi connectivity index (χ1n) is 6.42. The summed E-state index contributed by atoms with van der Waals surface area (Å²) in [5.74, 6) is 0. The van der Waals surface area contributed by atoms with Crippen molar-refractivity contribution in [3.05, 3.63) is 55.1 Å². The Morgan fingerprint density at radius 2 is 1.95 bits per heavy atom. The number of nitrogens with one attached hydrogen (secondary N) is 1. The number of hydrogen-bond donors (Lipinski definition) is 1. The van der Waals surface area contributed by atoms with E-state index in [4.69, 9.17) is 0 Å². The van der Waals surface area contributed by atoms with Gasteiger partial charge in [-0.15, -0.1) is 11.3 Å². The van der Waals surface area contributed by atoms with Gasteiger partial charge in [0.1, 0.15) is 0 Å². The fourth-order valence-corrected chi connectivity index (χ4v) is 5.13. The first kappa shape index (κ1) is 15.2. The Labute approximate surface area is 135 Å². The van der Waals surface area contributed by atoms with Crippen molar-refractivity contribution in [2.75, 3.05) is 6.54 Å². The van der Waals surface area contributed by atoms with Crippen LogP contribution in [0.15, 0.2) is 44.0 Å². The third kappa shape index (κ3) is 4.42. The minimum atomic E-state index is 0.405. The van der Waals surface area contributed by atoms with Crippen LogP contribution in [0.25, 0.3) is 0 Å². The Kier molecular flexibility index (Phi) is 6.07. The molecule has 0 spiro atoms. The summed E-state index contributed by atoms with van der Waals surface area (Å²) >= 11 is 8.96. The van der Waals surface area contributed by atoms with Gasteiger partial charge in [-0.2, -0.15) is 0 Å². The molecule has 1 nitrogen and oxygen atoms in total. The lowest BCUT2D eigenvalue weighted by Gasteiger charge is -2.17. The topological polar surface area (TPSA) is 12.0 Å². The zero-order valence-corrected chi connectivity index (χ0v) is 14.8. The van der Waals surface area contributed by atoms with E-state index in [1.54, 1.807) is 11.3 Å². The maximum absolute atomic E-state index is 3.66. The molecule has 0 saturated carbocycles. The highest BCUT2D eigenvalue weighted by molar-refractivity contribution is 9.12. The summed E-state index contributed by atoms with van der Waals surface area (Å²) < 4.78 is 2.40. The van der Waals surface area contributed by atoms with Crippen molar-refractivity contribution in [3.8, 4) is 0 Å². The summed E-state index contributed by atoms with van der Waals surface area (Å²) in [5.41, 5.74) is 2.76. The molecule has 1 atom stereocenters. The second-order valence-electron chi connectivity index (χ2n) is 4.41. The third-order valence-corrected chi connectivity index (χ3v) is 5.46. The molecule has 2 rings (SSSR count). The molecule has 1 unspecified atom stereocenters. The maximum atomic E-state index is 3.66. The first-order valence-corrected chi connectivity index (χ1v) is 8.83. The van der Waals surface area contributed by atoms with Gasteiger partial charge in [-0.1, -0.05) is 37.3 Å². The van der Waals surface area contributed by atoms with Crippen LogP contribution in [0.3, 0.4) is 0 Å². The van der Waals surface area contributed by atoms with Gasteiger partial charge in [0.2, 0.25) is 0 Å². The van der Waals surface area contributed by atoms with Crippen LogP contribution < -0.4 is 5.32 Å². The van der Waals surface area contributed by atoms with Crippen LogP contribution >= 0.6 is 43.2 Å². The number of aryl methyl sites for hydroxylation is 1. The highest BCUT2D eigenvalue weighted by atomic mass is 79.9. The Morgan fingerprint density at radius 1 is 1.21 bits per heavy atom. The average molecular weight is 403 g/mol. The molecule has 0 aliphatic rings. The highest BCUT2D eigenvalue weighted by Gasteiger charge is 2.16. The fourth-order valence-electron chi connectivity index (χ4n) is 2.16. The van der Waals surface area contributed by atoms with E-state index in [1.165, 1.54) is 18.7 Å². The molecule has 4 heteroatoms. The Hall–Kier alpha value is -0.160. The second-order valence-corrected chi connectivity index (χ2v) is 8.16. The predicted octanol–water partition coefficient (Wildman–Crippen LogP) is 5.56. The van der Waals surface area contributed by atoms with E-state index >= 15 is 0 Å². The summed E-state index contributed by atoms with van der Waals surface area (Å²) in [6, 6.07) is 13.3. The van der Waals surface area contributed by atoms with E-state index in [0.717, 1.165) is 19.4 Å². The molecule has 0 radical (unpaired) electrons. The molecule has 1 aromatic heterocycles. The zero-order chi connectivity index (χ0) is 13.7. The molecule has 2 aromatic rings. The van der Waals surface area contributed by atoms with E-state index in [1.807, 2.05) is 0 Å². The zero-order valence-electron chi connectivity index (χ0n) is 10.8. The van der Waals surface area contributed by atoms with Crippen molar-refractivity contribution in [2.45, 2.75) is 25.8 Å². The molecule has 1 aromatic carbocycles. The van der Waals surface area contributed by atoms with E-state index in [2.05, 4.69) is 80.5 Å². The van der Waals surface area contributed by atoms with E-state index in [-0.39, 0.29) is 0 Å². The molecule has 0 aliphatic carbocycles. The molecular formula is C15H17Br2NS. The summed E-state index contributed by atoms with van der Waals surface area (Å²) in [7, 11) is 0. The summed E-state index contributed by atoms with van der Waals surface area (Å²) in [5, 5.41) is 3.58. The van der Waals surface area contributed by atoms with Gasteiger partial charge in [-0.05, 0) is 68.4 Å². The van der Waals surface area contributed by atoms with Gasteiger partial charge in [0, 0.05) is 6.04 Å². The van der Waals surface area contributed by atoms with Crippen molar-refractivity contribution in [3.63, 3.8) is 0 Å². The van der Waals surface area contributed by atoms with Gasteiger partial charge in [-0.3, -0.25) is 0 Å². The third-order valence-electron chi connectivity index (χ3n) is 3.07. The van der Waals surface area contributed by atoms with Gasteiger partial charge in [0.25, 0.3) is 0 Å². The molecule has 0 fully saturated rings.